The van der Waals surface area contributed by atoms with Crippen LogP contribution >= 0.6 is 0 Å². The lowest BCUT2D eigenvalue weighted by Gasteiger charge is -2.06. The Labute approximate surface area is 101 Å². The van der Waals surface area contributed by atoms with Crippen molar-refractivity contribution in [3.05, 3.63) is 18.1 Å². The number of hydrogen-bond donors (Lipinski definition) is 2. The molecule has 0 unspecified atom stereocenters. The second-order valence-corrected chi connectivity index (χ2v) is 3.59. The minimum Gasteiger partial charge on any atom is -0.370 e. The molecule has 0 fully saturated rings. The predicted octanol–water partition coefficient (Wildman–Crippen LogP) is 0.343. The van der Waals surface area contributed by atoms with Crippen LogP contribution < -0.4 is 11.1 Å². The Morgan fingerprint density at radius 1 is 1.53 bits per heavy atom. The van der Waals surface area contributed by atoms with Gasteiger partial charge in [0.05, 0.1) is 6.61 Å². The Morgan fingerprint density at radius 3 is 3.06 bits per heavy atom. The maximum atomic E-state index is 10.4. The first kappa shape index (κ1) is 13.4. The Hall–Kier alpha value is -1.69. The molecule has 94 valence electrons. The maximum absolute atomic E-state index is 10.4. The molecule has 0 aliphatic rings. The van der Waals surface area contributed by atoms with E-state index < -0.39 is 5.91 Å². The summed E-state index contributed by atoms with van der Waals surface area (Å²) in [5, 5.41) is 3.09. The average Bonchev–Trinajstić information content (AvgIpc) is 2.29. The average molecular weight is 238 g/mol. The SMILES string of the molecule is CCCc1cc(NCCOCC(N)=O)ncn1. The van der Waals surface area contributed by atoms with Gasteiger partial charge in [0.15, 0.2) is 0 Å². The lowest BCUT2D eigenvalue weighted by Crippen LogP contribution is -2.20. The van der Waals surface area contributed by atoms with Gasteiger partial charge in [-0.15, -0.1) is 0 Å². The first-order valence-electron chi connectivity index (χ1n) is 5.63. The van der Waals surface area contributed by atoms with Crippen LogP contribution in [0.15, 0.2) is 12.4 Å². The van der Waals surface area contributed by atoms with E-state index in [1.165, 1.54) is 6.33 Å². The molecule has 1 aromatic heterocycles. The number of primary amides is 1. The first-order chi connectivity index (χ1) is 8.22. The summed E-state index contributed by atoms with van der Waals surface area (Å²) < 4.78 is 5.01. The summed E-state index contributed by atoms with van der Waals surface area (Å²) in [5.74, 6) is 0.309. The Morgan fingerprint density at radius 2 is 2.35 bits per heavy atom. The Bertz CT molecular complexity index is 357. The molecule has 6 heteroatoms. The minimum absolute atomic E-state index is 0.0491. The number of nitrogens with one attached hydrogen (secondary N) is 1. The highest BCUT2D eigenvalue weighted by Crippen LogP contribution is 2.05. The molecule has 1 amide bonds. The second kappa shape index (κ2) is 7.56. The van der Waals surface area contributed by atoms with Crippen molar-refractivity contribution in [1.29, 1.82) is 0 Å². The molecule has 0 aliphatic carbocycles. The number of carbonyl (C=O) groups excluding carboxylic acids is 1. The summed E-state index contributed by atoms with van der Waals surface area (Å²) >= 11 is 0. The van der Waals surface area contributed by atoms with E-state index in [2.05, 4.69) is 22.2 Å². The highest BCUT2D eigenvalue weighted by atomic mass is 16.5. The summed E-state index contributed by atoms with van der Waals surface area (Å²) in [4.78, 5) is 18.6. The molecule has 17 heavy (non-hydrogen) atoms. The number of carbonyl (C=O) groups is 1. The highest BCUT2D eigenvalue weighted by Gasteiger charge is 1.98. The topological polar surface area (TPSA) is 90.1 Å². The van der Waals surface area contributed by atoms with Crippen LogP contribution in [0.5, 0.6) is 0 Å². The number of rotatable bonds is 8. The monoisotopic (exact) mass is 238 g/mol. The number of anilines is 1. The van der Waals surface area contributed by atoms with Crippen molar-refractivity contribution < 1.29 is 9.53 Å². The summed E-state index contributed by atoms with van der Waals surface area (Å²) in [6.45, 7) is 3.05. The molecule has 0 saturated carbocycles. The third kappa shape index (κ3) is 5.82. The van der Waals surface area contributed by atoms with E-state index in [9.17, 15) is 4.79 Å². The van der Waals surface area contributed by atoms with Gasteiger partial charge in [-0.25, -0.2) is 9.97 Å². The van der Waals surface area contributed by atoms with Gasteiger partial charge in [-0.1, -0.05) is 13.3 Å². The van der Waals surface area contributed by atoms with E-state index >= 15 is 0 Å². The zero-order valence-electron chi connectivity index (χ0n) is 9.98. The van der Waals surface area contributed by atoms with Crippen molar-refractivity contribution in [1.82, 2.24) is 9.97 Å². The minimum atomic E-state index is -0.461. The largest absolute Gasteiger partial charge is 0.370 e. The van der Waals surface area contributed by atoms with E-state index in [-0.39, 0.29) is 6.61 Å². The molecule has 0 aromatic carbocycles. The van der Waals surface area contributed by atoms with Gasteiger partial charge >= 0.3 is 0 Å². The van der Waals surface area contributed by atoms with Gasteiger partial charge < -0.3 is 15.8 Å². The number of nitrogens with two attached hydrogens (primary N) is 1. The van der Waals surface area contributed by atoms with Crippen LogP contribution in [0.1, 0.15) is 19.0 Å². The summed E-state index contributed by atoms with van der Waals surface area (Å²) in [5.41, 5.74) is 5.95. The summed E-state index contributed by atoms with van der Waals surface area (Å²) in [7, 11) is 0. The van der Waals surface area contributed by atoms with Gasteiger partial charge in [0.1, 0.15) is 18.8 Å². The number of aryl methyl sites for hydroxylation is 1. The maximum Gasteiger partial charge on any atom is 0.243 e. The zero-order chi connectivity index (χ0) is 12.5. The number of ether oxygens (including phenoxy) is 1. The molecule has 1 rings (SSSR count). The van der Waals surface area contributed by atoms with Crippen LogP contribution in [0.25, 0.3) is 0 Å². The smallest absolute Gasteiger partial charge is 0.243 e. The van der Waals surface area contributed by atoms with Crippen molar-refractivity contribution in [3.8, 4) is 0 Å². The lowest BCUT2D eigenvalue weighted by atomic mass is 10.2. The number of aromatic nitrogens is 2. The fourth-order valence-corrected chi connectivity index (χ4v) is 1.31. The molecule has 0 bridgehead atoms. The Balaban J connectivity index is 2.26. The number of nitrogens with zero attached hydrogens (tertiary/aromatic N) is 2. The molecule has 0 saturated heterocycles. The molecular weight excluding hydrogens is 220 g/mol. The zero-order valence-corrected chi connectivity index (χ0v) is 9.98. The van der Waals surface area contributed by atoms with E-state index in [4.69, 9.17) is 10.5 Å². The van der Waals surface area contributed by atoms with Gasteiger partial charge in [-0.05, 0) is 6.42 Å². The third-order valence-electron chi connectivity index (χ3n) is 2.03. The molecule has 0 aliphatic heterocycles. The van der Waals surface area contributed by atoms with Crippen LogP contribution in [0.2, 0.25) is 0 Å². The normalized spacial score (nSPS) is 10.2. The van der Waals surface area contributed by atoms with Crippen LogP contribution in [-0.2, 0) is 16.0 Å². The van der Waals surface area contributed by atoms with Crippen LogP contribution in [0.3, 0.4) is 0 Å². The van der Waals surface area contributed by atoms with Gasteiger partial charge in [0.2, 0.25) is 5.91 Å². The summed E-state index contributed by atoms with van der Waals surface area (Å²) in [6, 6.07) is 1.91. The molecule has 6 nitrogen and oxygen atoms in total. The highest BCUT2D eigenvalue weighted by molar-refractivity contribution is 5.74. The molecule has 0 radical (unpaired) electrons. The molecule has 3 N–H and O–H groups in total. The third-order valence-corrected chi connectivity index (χ3v) is 2.03. The molecule has 0 spiro atoms. The number of hydrogen-bond acceptors (Lipinski definition) is 5. The van der Waals surface area contributed by atoms with Crippen LogP contribution in [0, 0.1) is 0 Å². The van der Waals surface area contributed by atoms with E-state index in [1.807, 2.05) is 6.07 Å². The van der Waals surface area contributed by atoms with Crippen LogP contribution in [0.4, 0.5) is 5.82 Å². The van der Waals surface area contributed by atoms with Gasteiger partial charge in [-0.2, -0.15) is 0 Å². The van der Waals surface area contributed by atoms with Gasteiger partial charge in [0, 0.05) is 18.3 Å². The molecular formula is C11H18N4O2. The lowest BCUT2D eigenvalue weighted by molar-refractivity contribution is -0.122. The summed E-state index contributed by atoms with van der Waals surface area (Å²) in [6.07, 6.45) is 3.53. The number of amides is 1. The molecule has 1 heterocycles. The molecule has 0 atom stereocenters. The van der Waals surface area contributed by atoms with E-state index in [0.29, 0.717) is 13.2 Å². The van der Waals surface area contributed by atoms with E-state index in [0.717, 1.165) is 24.4 Å². The second-order valence-electron chi connectivity index (χ2n) is 3.59. The Kier molecular flexibility index (Phi) is 5.95. The predicted molar refractivity (Wildman–Crippen MR) is 64.5 cm³/mol. The quantitative estimate of drug-likeness (QED) is 0.637. The van der Waals surface area contributed by atoms with Crippen LogP contribution in [-0.4, -0.2) is 35.6 Å². The fraction of sp³-hybridized carbons (Fsp3) is 0.545. The van der Waals surface area contributed by atoms with E-state index in [1.54, 1.807) is 0 Å². The standard InChI is InChI=1S/C11H18N4O2/c1-2-3-9-6-11(15-8-14-9)13-4-5-17-7-10(12)16/h6,8H,2-5,7H2,1H3,(H2,12,16)(H,13,14,15). The van der Waals surface area contributed by atoms with Crippen molar-refractivity contribution in [2.24, 2.45) is 5.73 Å². The van der Waals surface area contributed by atoms with Crippen molar-refractivity contribution >= 4 is 11.7 Å². The first-order valence-corrected chi connectivity index (χ1v) is 5.63. The fourth-order valence-electron chi connectivity index (χ4n) is 1.31. The molecule has 1 aromatic rings. The van der Waals surface area contributed by atoms with Crippen molar-refractivity contribution in [2.45, 2.75) is 19.8 Å². The van der Waals surface area contributed by atoms with Crippen molar-refractivity contribution in [2.75, 3.05) is 25.1 Å². The van der Waals surface area contributed by atoms with Gasteiger partial charge in [0.25, 0.3) is 0 Å². The van der Waals surface area contributed by atoms with Crippen molar-refractivity contribution in [3.63, 3.8) is 0 Å². The van der Waals surface area contributed by atoms with Gasteiger partial charge in [-0.3, -0.25) is 4.79 Å².